The molecule has 0 aliphatic rings. The first-order valence-electron chi connectivity index (χ1n) is 8.05. The summed E-state index contributed by atoms with van der Waals surface area (Å²) in [6.45, 7) is 0. The normalized spacial score (nSPS) is 11.1. The Bertz CT molecular complexity index is 990. The Morgan fingerprint density at radius 3 is 1.96 bits per heavy atom. The van der Waals surface area contributed by atoms with Gasteiger partial charge in [0.25, 0.3) is 0 Å². The fraction of sp³-hybridized carbons (Fsp3) is 0.0952. The van der Waals surface area contributed by atoms with E-state index in [1.807, 2.05) is 42.5 Å². The molecule has 0 spiro atoms. The van der Waals surface area contributed by atoms with Crippen LogP contribution in [-0.2, 0) is 9.84 Å². The third-order valence-corrected chi connectivity index (χ3v) is 5.69. The van der Waals surface area contributed by atoms with Gasteiger partial charge in [-0.1, -0.05) is 54.6 Å². The minimum Gasteiger partial charge on any atom is -0.497 e. The molecular weight excluding hydrogens is 348 g/mol. The molecule has 0 bridgehead atoms. The first-order chi connectivity index (χ1) is 12.5. The molecule has 0 aromatic heterocycles. The van der Waals surface area contributed by atoms with Crippen LogP contribution in [0.15, 0.2) is 83.8 Å². The van der Waals surface area contributed by atoms with Crippen molar-refractivity contribution < 1.29 is 17.9 Å². The van der Waals surface area contributed by atoms with Crippen molar-refractivity contribution in [1.82, 2.24) is 0 Å². The van der Waals surface area contributed by atoms with E-state index in [0.717, 1.165) is 11.1 Å². The molecule has 0 heterocycles. The van der Waals surface area contributed by atoms with Gasteiger partial charge in [-0.2, -0.15) is 0 Å². The smallest absolute Gasteiger partial charge is 0.185 e. The molecule has 3 aromatic carbocycles. The van der Waals surface area contributed by atoms with E-state index in [1.54, 1.807) is 24.3 Å². The van der Waals surface area contributed by atoms with Gasteiger partial charge in [0.1, 0.15) is 11.5 Å². The van der Waals surface area contributed by atoms with Gasteiger partial charge in [0.05, 0.1) is 12.0 Å². The summed E-state index contributed by atoms with van der Waals surface area (Å²) >= 11 is 0. The number of sulfone groups is 1. The minimum atomic E-state index is -3.70. The number of methoxy groups -OCH3 is 1. The van der Waals surface area contributed by atoms with E-state index in [1.165, 1.54) is 19.2 Å². The van der Waals surface area contributed by atoms with Crippen LogP contribution in [0.4, 0.5) is 0 Å². The van der Waals surface area contributed by atoms with E-state index < -0.39 is 21.4 Å². The Morgan fingerprint density at radius 2 is 1.38 bits per heavy atom. The van der Waals surface area contributed by atoms with Crippen LogP contribution in [0.5, 0.6) is 5.75 Å². The maximum atomic E-state index is 12.4. The van der Waals surface area contributed by atoms with Crippen LogP contribution in [-0.4, -0.2) is 27.1 Å². The molecular formula is C21H18O4S. The molecule has 5 heteroatoms. The Balaban J connectivity index is 1.76. The fourth-order valence-electron chi connectivity index (χ4n) is 2.60. The molecule has 0 saturated heterocycles. The van der Waals surface area contributed by atoms with Gasteiger partial charge in [-0.15, -0.1) is 0 Å². The molecule has 0 N–H and O–H groups in total. The van der Waals surface area contributed by atoms with Crippen molar-refractivity contribution >= 4 is 15.6 Å². The number of carbonyl (C=O) groups is 1. The summed E-state index contributed by atoms with van der Waals surface area (Å²) in [6, 6.07) is 22.7. The number of hydrogen-bond donors (Lipinski definition) is 0. The number of ether oxygens (including phenoxy) is 1. The summed E-state index contributed by atoms with van der Waals surface area (Å²) in [7, 11) is -2.19. The van der Waals surface area contributed by atoms with Crippen molar-refractivity contribution in [3.8, 4) is 16.9 Å². The van der Waals surface area contributed by atoms with Crippen LogP contribution >= 0.6 is 0 Å². The summed E-state index contributed by atoms with van der Waals surface area (Å²) in [6.07, 6.45) is 0. The van der Waals surface area contributed by atoms with Crippen LogP contribution in [0, 0.1) is 0 Å². The Morgan fingerprint density at radius 1 is 0.808 bits per heavy atom. The van der Waals surface area contributed by atoms with E-state index in [2.05, 4.69) is 0 Å². The third-order valence-electron chi connectivity index (χ3n) is 4.05. The van der Waals surface area contributed by atoms with Crippen molar-refractivity contribution in [2.24, 2.45) is 0 Å². The van der Waals surface area contributed by atoms with Crippen molar-refractivity contribution in [2.45, 2.75) is 4.90 Å². The van der Waals surface area contributed by atoms with Gasteiger partial charge in [0.15, 0.2) is 15.6 Å². The van der Waals surface area contributed by atoms with Gasteiger partial charge in [-0.05, 0) is 35.4 Å². The molecule has 0 atom stereocenters. The van der Waals surface area contributed by atoms with Gasteiger partial charge in [0, 0.05) is 5.56 Å². The van der Waals surface area contributed by atoms with E-state index >= 15 is 0 Å². The Kier molecular flexibility index (Phi) is 5.19. The van der Waals surface area contributed by atoms with Crippen LogP contribution in [0.1, 0.15) is 10.4 Å². The highest BCUT2D eigenvalue weighted by molar-refractivity contribution is 7.92. The number of hydrogen-bond acceptors (Lipinski definition) is 4. The molecule has 3 rings (SSSR count). The predicted molar refractivity (Wildman–Crippen MR) is 101 cm³/mol. The number of benzene rings is 3. The zero-order chi connectivity index (χ0) is 18.6. The first kappa shape index (κ1) is 17.9. The zero-order valence-electron chi connectivity index (χ0n) is 14.3. The highest BCUT2D eigenvalue weighted by atomic mass is 32.2. The second-order valence-corrected chi connectivity index (χ2v) is 7.79. The molecule has 0 unspecified atom stereocenters. The summed E-state index contributed by atoms with van der Waals surface area (Å²) in [5, 5.41) is 0. The standard InChI is InChI=1S/C21H18O4S/c1-25-19-11-13-20(14-12-19)26(23,24)15-21(22)18-9-7-17(8-10-18)16-5-3-2-4-6-16/h2-14H,15H2,1H3. The summed E-state index contributed by atoms with van der Waals surface area (Å²) in [5.41, 5.74) is 2.39. The van der Waals surface area contributed by atoms with Crippen molar-refractivity contribution in [3.63, 3.8) is 0 Å². The molecule has 0 saturated carbocycles. The minimum absolute atomic E-state index is 0.104. The number of ketones is 1. The average molecular weight is 366 g/mol. The predicted octanol–water partition coefficient (Wildman–Crippen LogP) is 4.02. The average Bonchev–Trinajstić information content (AvgIpc) is 2.68. The topological polar surface area (TPSA) is 60.4 Å². The molecule has 26 heavy (non-hydrogen) atoms. The lowest BCUT2D eigenvalue weighted by Crippen LogP contribution is -2.16. The maximum Gasteiger partial charge on any atom is 0.185 e. The molecule has 0 aliphatic heterocycles. The second kappa shape index (κ2) is 7.54. The van der Waals surface area contributed by atoms with Crippen LogP contribution < -0.4 is 4.74 Å². The van der Waals surface area contributed by atoms with Crippen molar-refractivity contribution in [2.75, 3.05) is 12.9 Å². The SMILES string of the molecule is COc1ccc(S(=O)(=O)CC(=O)c2ccc(-c3ccccc3)cc2)cc1. The lowest BCUT2D eigenvalue weighted by atomic mass is 10.0. The summed E-state index contributed by atoms with van der Waals surface area (Å²) in [5.74, 6) is -0.434. The molecule has 0 amide bonds. The lowest BCUT2D eigenvalue weighted by molar-refractivity contribution is 0.102. The highest BCUT2D eigenvalue weighted by Gasteiger charge is 2.20. The van der Waals surface area contributed by atoms with E-state index in [9.17, 15) is 13.2 Å². The molecule has 0 aliphatic carbocycles. The number of rotatable bonds is 6. The van der Waals surface area contributed by atoms with Gasteiger partial charge in [0.2, 0.25) is 0 Å². The summed E-state index contributed by atoms with van der Waals surface area (Å²) < 4.78 is 29.9. The molecule has 132 valence electrons. The van der Waals surface area contributed by atoms with Crippen LogP contribution in [0.25, 0.3) is 11.1 Å². The van der Waals surface area contributed by atoms with Crippen molar-refractivity contribution in [3.05, 3.63) is 84.4 Å². The molecule has 3 aromatic rings. The fourth-order valence-corrected chi connectivity index (χ4v) is 3.83. The van der Waals surface area contributed by atoms with E-state index in [-0.39, 0.29) is 4.90 Å². The summed E-state index contributed by atoms with van der Waals surface area (Å²) in [4.78, 5) is 12.5. The van der Waals surface area contributed by atoms with Gasteiger partial charge < -0.3 is 4.74 Å². The highest BCUT2D eigenvalue weighted by Crippen LogP contribution is 2.21. The third kappa shape index (κ3) is 4.00. The largest absolute Gasteiger partial charge is 0.497 e. The Labute approximate surface area is 153 Å². The first-order valence-corrected chi connectivity index (χ1v) is 9.70. The zero-order valence-corrected chi connectivity index (χ0v) is 15.1. The quantitative estimate of drug-likeness (QED) is 0.618. The van der Waals surface area contributed by atoms with Gasteiger partial charge >= 0.3 is 0 Å². The second-order valence-electron chi connectivity index (χ2n) is 5.80. The Hall–Kier alpha value is -2.92. The number of Topliss-reactive ketones (excluding diaryl/α,β-unsaturated/α-hetero) is 1. The van der Waals surface area contributed by atoms with Crippen molar-refractivity contribution in [1.29, 1.82) is 0 Å². The van der Waals surface area contributed by atoms with Gasteiger partial charge in [-0.3, -0.25) is 4.79 Å². The molecule has 0 radical (unpaired) electrons. The monoisotopic (exact) mass is 366 g/mol. The molecule has 0 fully saturated rings. The lowest BCUT2D eigenvalue weighted by Gasteiger charge is -2.07. The van der Waals surface area contributed by atoms with E-state index in [0.29, 0.717) is 11.3 Å². The van der Waals surface area contributed by atoms with E-state index in [4.69, 9.17) is 4.74 Å². The van der Waals surface area contributed by atoms with Crippen LogP contribution in [0.3, 0.4) is 0 Å². The maximum absolute atomic E-state index is 12.4. The number of carbonyl (C=O) groups excluding carboxylic acids is 1. The van der Waals surface area contributed by atoms with Crippen LogP contribution in [0.2, 0.25) is 0 Å². The van der Waals surface area contributed by atoms with Gasteiger partial charge in [-0.25, -0.2) is 8.42 Å². The molecule has 4 nitrogen and oxygen atoms in total.